The standard InChI is InChI=1S/C42H48N2.C6H5NO/c1-34(43-31-14-19-35-15-6-2-7-16-35)42(33-38-28-26-37(27-29-38)25-24-36-17-8-3-9-18-36)44-32-30-41(39-20-10-4-11-21-39)40-22-12-5-13-23-40;8-7-6-4-2-1-3-5-6/h2-13,15-18,20-23,26-29,34,41-44H,14,19,24-25,30-33H2,1H3;1-5H. The van der Waals surface area contributed by atoms with E-state index in [2.05, 4.69) is 168 Å². The van der Waals surface area contributed by atoms with Crippen molar-refractivity contribution in [1.82, 2.24) is 10.6 Å². The molecule has 0 spiro atoms. The summed E-state index contributed by atoms with van der Waals surface area (Å²) in [7, 11) is 0. The van der Waals surface area contributed by atoms with E-state index in [0.29, 0.717) is 23.7 Å². The first-order chi connectivity index (χ1) is 25.7. The van der Waals surface area contributed by atoms with Crippen molar-refractivity contribution >= 4 is 5.69 Å². The normalized spacial score (nSPS) is 12.0. The molecule has 2 N–H and O–H groups in total. The summed E-state index contributed by atoms with van der Waals surface area (Å²) >= 11 is 0. The van der Waals surface area contributed by atoms with Crippen molar-refractivity contribution < 1.29 is 0 Å². The summed E-state index contributed by atoms with van der Waals surface area (Å²) in [6.45, 7) is 4.33. The molecule has 0 aromatic heterocycles. The van der Waals surface area contributed by atoms with Crippen molar-refractivity contribution in [1.29, 1.82) is 0 Å². The number of nitroso groups, excluding NO2 is 1. The summed E-state index contributed by atoms with van der Waals surface area (Å²) < 4.78 is 0. The number of hydrogen-bond acceptors (Lipinski definition) is 4. The number of nitrogens with one attached hydrogen (secondary N) is 2. The summed E-state index contributed by atoms with van der Waals surface area (Å²) in [6, 6.07) is 62.3. The van der Waals surface area contributed by atoms with Crippen molar-refractivity contribution in [3.63, 3.8) is 0 Å². The van der Waals surface area contributed by atoms with Gasteiger partial charge in [-0.1, -0.05) is 164 Å². The average Bonchev–Trinajstić information content (AvgIpc) is 3.22. The first kappa shape index (κ1) is 38.1. The second-order valence-electron chi connectivity index (χ2n) is 13.5. The molecule has 6 aromatic carbocycles. The van der Waals surface area contributed by atoms with Gasteiger partial charge in [0.1, 0.15) is 5.69 Å². The van der Waals surface area contributed by atoms with Gasteiger partial charge in [-0.2, -0.15) is 0 Å². The first-order valence-corrected chi connectivity index (χ1v) is 18.8. The lowest BCUT2D eigenvalue weighted by molar-refractivity contribution is 0.379. The molecule has 4 heteroatoms. The lowest BCUT2D eigenvalue weighted by Crippen LogP contribution is -2.48. The summed E-state index contributed by atoms with van der Waals surface area (Å²) in [5.74, 6) is 0.378. The van der Waals surface area contributed by atoms with Crippen LogP contribution in [0.25, 0.3) is 0 Å². The van der Waals surface area contributed by atoms with Crippen LogP contribution in [-0.2, 0) is 25.7 Å². The Morgan fingerprint density at radius 3 is 1.42 bits per heavy atom. The van der Waals surface area contributed by atoms with Gasteiger partial charge in [0.2, 0.25) is 0 Å². The minimum absolute atomic E-state index is 0.342. The summed E-state index contributed by atoms with van der Waals surface area (Å²) in [5.41, 5.74) is 8.86. The zero-order valence-corrected chi connectivity index (χ0v) is 30.5. The van der Waals surface area contributed by atoms with Gasteiger partial charge < -0.3 is 10.6 Å². The summed E-state index contributed by atoms with van der Waals surface area (Å²) in [4.78, 5) is 9.76. The second kappa shape index (κ2) is 21.9. The topological polar surface area (TPSA) is 53.5 Å². The van der Waals surface area contributed by atoms with Gasteiger partial charge in [0, 0.05) is 18.0 Å². The summed E-state index contributed by atoms with van der Waals surface area (Å²) in [6.07, 6.45) is 6.47. The Balaban J connectivity index is 0.000000577. The molecule has 0 aliphatic heterocycles. The van der Waals surface area contributed by atoms with Crippen molar-refractivity contribution in [3.8, 4) is 0 Å². The number of hydrogen-bond donors (Lipinski definition) is 2. The van der Waals surface area contributed by atoms with E-state index < -0.39 is 0 Å². The third kappa shape index (κ3) is 13.2. The van der Waals surface area contributed by atoms with Gasteiger partial charge in [0.05, 0.1) is 0 Å². The van der Waals surface area contributed by atoms with Crippen LogP contribution in [0.3, 0.4) is 0 Å². The minimum Gasteiger partial charge on any atom is -0.313 e. The molecule has 0 fully saturated rings. The van der Waals surface area contributed by atoms with Gasteiger partial charge in [0.15, 0.2) is 0 Å². The fourth-order valence-corrected chi connectivity index (χ4v) is 6.66. The smallest absolute Gasteiger partial charge is 0.107 e. The second-order valence-corrected chi connectivity index (χ2v) is 13.5. The minimum atomic E-state index is 0.342. The van der Waals surface area contributed by atoms with Crippen LogP contribution in [0, 0.1) is 4.91 Å². The zero-order chi connectivity index (χ0) is 36.1. The Hall–Kier alpha value is -5.16. The van der Waals surface area contributed by atoms with Gasteiger partial charge in [-0.3, -0.25) is 0 Å². The van der Waals surface area contributed by atoms with Crippen LogP contribution < -0.4 is 10.6 Å². The highest BCUT2D eigenvalue weighted by Crippen LogP contribution is 2.27. The monoisotopic (exact) mass is 687 g/mol. The lowest BCUT2D eigenvalue weighted by atomic mass is 9.88. The molecule has 4 nitrogen and oxygen atoms in total. The van der Waals surface area contributed by atoms with E-state index in [1.807, 2.05) is 6.07 Å². The zero-order valence-electron chi connectivity index (χ0n) is 30.5. The molecule has 2 atom stereocenters. The fraction of sp³-hybridized carbons (Fsp3) is 0.250. The molecule has 2 unspecified atom stereocenters. The van der Waals surface area contributed by atoms with Crippen molar-refractivity contribution in [2.45, 2.75) is 63.5 Å². The molecule has 0 aliphatic carbocycles. The van der Waals surface area contributed by atoms with Crippen LogP contribution in [0.4, 0.5) is 5.69 Å². The van der Waals surface area contributed by atoms with E-state index in [9.17, 15) is 4.91 Å². The highest BCUT2D eigenvalue weighted by molar-refractivity contribution is 5.35. The van der Waals surface area contributed by atoms with Crippen LogP contribution in [-0.4, -0.2) is 25.2 Å². The number of nitrogens with zero attached hydrogens (tertiary/aromatic N) is 1. The first-order valence-electron chi connectivity index (χ1n) is 18.8. The Morgan fingerprint density at radius 1 is 0.481 bits per heavy atom. The van der Waals surface area contributed by atoms with E-state index in [0.717, 1.165) is 51.6 Å². The van der Waals surface area contributed by atoms with E-state index in [1.54, 1.807) is 24.3 Å². The van der Waals surface area contributed by atoms with Crippen LogP contribution in [0.15, 0.2) is 181 Å². The highest BCUT2D eigenvalue weighted by atomic mass is 16.3. The van der Waals surface area contributed by atoms with E-state index in [1.165, 1.54) is 33.4 Å². The molecule has 52 heavy (non-hydrogen) atoms. The Kier molecular flexibility index (Phi) is 16.1. The molecule has 0 saturated heterocycles. The molecular weight excluding hydrogens is 635 g/mol. The maximum absolute atomic E-state index is 9.76. The van der Waals surface area contributed by atoms with Gasteiger partial charge in [0.25, 0.3) is 0 Å². The van der Waals surface area contributed by atoms with Gasteiger partial charge in [-0.15, -0.1) is 4.91 Å². The highest BCUT2D eigenvalue weighted by Gasteiger charge is 2.19. The molecule has 6 aromatic rings. The Morgan fingerprint density at radius 2 is 0.923 bits per heavy atom. The Labute approximate surface area is 311 Å². The van der Waals surface area contributed by atoms with Crippen LogP contribution >= 0.6 is 0 Å². The third-order valence-electron chi connectivity index (χ3n) is 9.68. The van der Waals surface area contributed by atoms with E-state index in [4.69, 9.17) is 0 Å². The predicted octanol–water partition coefficient (Wildman–Crippen LogP) is 10.9. The van der Waals surface area contributed by atoms with Gasteiger partial charge in [-0.05, 0) is 109 Å². The fourth-order valence-electron chi connectivity index (χ4n) is 6.66. The largest absolute Gasteiger partial charge is 0.313 e. The summed E-state index contributed by atoms with van der Waals surface area (Å²) in [5, 5.41) is 10.6. The SMILES string of the molecule is CC(NCCCc1ccccc1)C(Cc1ccc(CCc2ccccc2)cc1)NCCC(c1ccccc1)c1ccccc1.O=Nc1ccccc1. The number of benzene rings is 6. The molecule has 0 saturated carbocycles. The third-order valence-corrected chi connectivity index (χ3v) is 9.68. The van der Waals surface area contributed by atoms with Crippen LogP contribution in [0.2, 0.25) is 0 Å². The number of aryl methyl sites for hydroxylation is 3. The molecule has 0 heterocycles. The molecule has 0 bridgehead atoms. The predicted molar refractivity (Wildman–Crippen MR) is 219 cm³/mol. The van der Waals surface area contributed by atoms with Crippen LogP contribution in [0.1, 0.15) is 59.1 Å². The molecule has 0 radical (unpaired) electrons. The van der Waals surface area contributed by atoms with Gasteiger partial charge in [-0.25, -0.2) is 0 Å². The Bertz CT molecular complexity index is 1760. The quantitative estimate of drug-likeness (QED) is 0.0698. The molecule has 266 valence electrons. The van der Waals surface area contributed by atoms with Crippen molar-refractivity contribution in [2.75, 3.05) is 13.1 Å². The van der Waals surface area contributed by atoms with Crippen molar-refractivity contribution in [2.24, 2.45) is 5.18 Å². The molecular formula is C48H53N3O. The van der Waals surface area contributed by atoms with Crippen molar-refractivity contribution in [3.05, 3.63) is 214 Å². The maximum atomic E-state index is 9.76. The van der Waals surface area contributed by atoms with Gasteiger partial charge >= 0.3 is 0 Å². The van der Waals surface area contributed by atoms with E-state index in [-0.39, 0.29) is 0 Å². The molecule has 0 amide bonds. The number of rotatable bonds is 18. The average molecular weight is 688 g/mol. The van der Waals surface area contributed by atoms with E-state index >= 15 is 0 Å². The van der Waals surface area contributed by atoms with Crippen LogP contribution in [0.5, 0.6) is 0 Å². The molecule has 6 rings (SSSR count). The molecule has 0 aliphatic rings. The lowest BCUT2D eigenvalue weighted by Gasteiger charge is -2.28. The maximum Gasteiger partial charge on any atom is 0.107 e.